The molecule has 136 valence electrons. The van der Waals surface area contributed by atoms with Crippen LogP contribution in [0.5, 0.6) is 0 Å². The molecule has 25 heavy (non-hydrogen) atoms. The number of ether oxygens (including phenoxy) is 1. The average Bonchev–Trinajstić information content (AvgIpc) is 2.54. The van der Waals surface area contributed by atoms with Crippen LogP contribution >= 0.6 is 11.6 Å². The van der Waals surface area contributed by atoms with Crippen molar-refractivity contribution in [2.45, 2.75) is 17.2 Å². The van der Waals surface area contributed by atoms with Crippen molar-refractivity contribution in [3.05, 3.63) is 64.7 Å². The van der Waals surface area contributed by atoms with E-state index in [0.29, 0.717) is 5.02 Å². The average molecular weight is 395 g/mol. The van der Waals surface area contributed by atoms with Crippen LogP contribution in [0, 0.1) is 0 Å². The fourth-order valence-corrected chi connectivity index (χ4v) is 3.21. The fourth-order valence-electron chi connectivity index (χ4n) is 2.03. The van der Waals surface area contributed by atoms with Crippen molar-refractivity contribution in [3.8, 4) is 0 Å². The number of halogens is 4. The topological polar surface area (TPSA) is 52.6 Å². The minimum absolute atomic E-state index is 0.120. The van der Waals surface area contributed by atoms with Gasteiger partial charge in [-0.05, 0) is 42.0 Å². The summed E-state index contributed by atoms with van der Waals surface area (Å²) in [7, 11) is -2.82. The van der Waals surface area contributed by atoms with Crippen LogP contribution in [0.2, 0.25) is 5.02 Å². The van der Waals surface area contributed by atoms with Crippen LogP contribution in [0.3, 0.4) is 0 Å². The molecular formula is C16H14ClF3O4S. The zero-order chi connectivity index (χ0) is 18.7. The molecule has 0 saturated carbocycles. The molecule has 0 amide bonds. The molecule has 0 N–H and O–H groups in total. The largest absolute Gasteiger partial charge is 0.416 e. The third kappa shape index (κ3) is 5.18. The summed E-state index contributed by atoms with van der Waals surface area (Å²) in [5.41, 5.74) is -0.597. The van der Waals surface area contributed by atoms with Gasteiger partial charge in [0.1, 0.15) is 6.10 Å². The molecule has 2 rings (SSSR count). The van der Waals surface area contributed by atoms with Gasteiger partial charge in [0.15, 0.2) is 0 Å². The molecule has 0 heterocycles. The van der Waals surface area contributed by atoms with Gasteiger partial charge in [-0.3, -0.25) is 4.18 Å². The summed E-state index contributed by atoms with van der Waals surface area (Å²) in [6.45, 7) is -0.155. The van der Waals surface area contributed by atoms with E-state index in [1.54, 1.807) is 0 Å². The van der Waals surface area contributed by atoms with E-state index >= 15 is 0 Å². The van der Waals surface area contributed by atoms with Gasteiger partial charge in [0.05, 0.1) is 17.1 Å². The molecule has 0 spiro atoms. The van der Waals surface area contributed by atoms with E-state index in [1.165, 1.54) is 31.4 Å². The van der Waals surface area contributed by atoms with Gasteiger partial charge >= 0.3 is 6.18 Å². The SMILES string of the molecule is COC[C@@H](OS(=O)(=O)c1ccc(Cl)cc1)c1ccc(C(F)(F)F)cc1. The van der Waals surface area contributed by atoms with E-state index in [4.69, 9.17) is 20.5 Å². The predicted molar refractivity (Wildman–Crippen MR) is 85.8 cm³/mol. The Labute approximate surface area is 148 Å². The maximum absolute atomic E-state index is 12.6. The highest BCUT2D eigenvalue weighted by Gasteiger charge is 2.31. The molecule has 0 unspecified atom stereocenters. The van der Waals surface area contributed by atoms with Crippen molar-refractivity contribution in [1.29, 1.82) is 0 Å². The van der Waals surface area contributed by atoms with Crippen LogP contribution in [0.25, 0.3) is 0 Å². The van der Waals surface area contributed by atoms with Crippen molar-refractivity contribution in [2.24, 2.45) is 0 Å². The first-order chi connectivity index (χ1) is 11.6. The van der Waals surface area contributed by atoms with E-state index in [2.05, 4.69) is 0 Å². The summed E-state index contributed by atoms with van der Waals surface area (Å²) >= 11 is 5.72. The second kappa shape index (κ2) is 7.74. The van der Waals surface area contributed by atoms with Crippen LogP contribution in [0.1, 0.15) is 17.2 Å². The van der Waals surface area contributed by atoms with Crippen LogP contribution < -0.4 is 0 Å². The first-order valence-electron chi connectivity index (χ1n) is 6.98. The Kier molecular flexibility index (Phi) is 6.10. The standard InChI is InChI=1S/C16H14ClF3O4S/c1-23-10-15(11-2-4-12(5-3-11)16(18,19)20)24-25(21,22)14-8-6-13(17)7-9-14/h2-9,15H,10H2,1H3/t15-/m1/s1. The Morgan fingerprint density at radius 3 is 2.08 bits per heavy atom. The Hall–Kier alpha value is -1.61. The zero-order valence-corrected chi connectivity index (χ0v) is 14.5. The summed E-state index contributed by atoms with van der Waals surface area (Å²) in [4.78, 5) is -0.120. The van der Waals surface area contributed by atoms with Gasteiger partial charge < -0.3 is 4.74 Å². The van der Waals surface area contributed by atoms with E-state index in [0.717, 1.165) is 24.3 Å². The highest BCUT2D eigenvalue weighted by molar-refractivity contribution is 7.86. The van der Waals surface area contributed by atoms with Crippen molar-refractivity contribution >= 4 is 21.7 Å². The third-order valence-corrected chi connectivity index (χ3v) is 4.86. The molecule has 0 bridgehead atoms. The lowest BCUT2D eigenvalue weighted by Gasteiger charge is -2.18. The summed E-state index contributed by atoms with van der Waals surface area (Å²) in [5, 5.41) is 0.357. The normalized spacial score (nSPS) is 13.6. The van der Waals surface area contributed by atoms with Gasteiger partial charge in [0.25, 0.3) is 10.1 Å². The monoisotopic (exact) mass is 394 g/mol. The summed E-state index contributed by atoms with van der Waals surface area (Å²) in [6.07, 6.45) is -5.57. The maximum Gasteiger partial charge on any atom is 0.416 e. The van der Waals surface area contributed by atoms with Gasteiger partial charge in [0.2, 0.25) is 0 Å². The third-order valence-electron chi connectivity index (χ3n) is 3.27. The zero-order valence-electron chi connectivity index (χ0n) is 13.0. The van der Waals surface area contributed by atoms with E-state index < -0.39 is 28.0 Å². The highest BCUT2D eigenvalue weighted by atomic mass is 35.5. The molecule has 9 heteroatoms. The van der Waals surface area contributed by atoms with E-state index in [1.807, 2.05) is 0 Å². The minimum atomic E-state index is -4.48. The first kappa shape index (κ1) is 19.7. The number of benzene rings is 2. The van der Waals surface area contributed by atoms with Gasteiger partial charge in [0, 0.05) is 12.1 Å². The van der Waals surface area contributed by atoms with Crippen molar-refractivity contribution in [2.75, 3.05) is 13.7 Å². The smallest absolute Gasteiger partial charge is 0.382 e. The molecule has 0 fully saturated rings. The Morgan fingerprint density at radius 1 is 1.04 bits per heavy atom. The predicted octanol–water partition coefficient (Wildman–Crippen LogP) is 4.45. The fraction of sp³-hybridized carbons (Fsp3) is 0.250. The maximum atomic E-state index is 12.6. The molecule has 0 radical (unpaired) electrons. The van der Waals surface area contributed by atoms with Crippen LogP contribution in [0.15, 0.2) is 53.4 Å². The quantitative estimate of drug-likeness (QED) is 0.679. The molecule has 2 aromatic carbocycles. The number of methoxy groups -OCH3 is 1. The lowest BCUT2D eigenvalue weighted by molar-refractivity contribution is -0.137. The number of hydrogen-bond acceptors (Lipinski definition) is 4. The summed E-state index contributed by atoms with van der Waals surface area (Å²) < 4.78 is 72.6. The Balaban J connectivity index is 2.27. The summed E-state index contributed by atoms with van der Waals surface area (Å²) in [6, 6.07) is 9.35. The molecule has 2 aromatic rings. The highest BCUT2D eigenvalue weighted by Crippen LogP contribution is 2.31. The van der Waals surface area contributed by atoms with Crippen molar-refractivity contribution in [1.82, 2.24) is 0 Å². The number of alkyl halides is 3. The van der Waals surface area contributed by atoms with E-state index in [9.17, 15) is 21.6 Å². The first-order valence-corrected chi connectivity index (χ1v) is 8.77. The Bertz CT molecular complexity index is 803. The van der Waals surface area contributed by atoms with Crippen molar-refractivity contribution in [3.63, 3.8) is 0 Å². The second-order valence-corrected chi connectivity index (χ2v) is 7.08. The molecule has 1 atom stereocenters. The van der Waals surface area contributed by atoms with Crippen molar-refractivity contribution < 1.29 is 30.5 Å². The molecule has 4 nitrogen and oxygen atoms in total. The lowest BCUT2D eigenvalue weighted by Crippen LogP contribution is -2.17. The molecular weight excluding hydrogens is 381 g/mol. The van der Waals surface area contributed by atoms with Crippen LogP contribution in [-0.4, -0.2) is 22.1 Å². The van der Waals surface area contributed by atoms with Gasteiger partial charge in [-0.2, -0.15) is 21.6 Å². The molecule has 0 aromatic heterocycles. The van der Waals surface area contributed by atoms with Gasteiger partial charge in [-0.1, -0.05) is 23.7 Å². The number of hydrogen-bond donors (Lipinski definition) is 0. The summed E-state index contributed by atoms with van der Waals surface area (Å²) in [5.74, 6) is 0. The molecule has 0 aliphatic rings. The van der Waals surface area contributed by atoms with Gasteiger partial charge in [-0.25, -0.2) is 0 Å². The second-order valence-electron chi connectivity index (χ2n) is 5.07. The number of rotatable bonds is 6. The van der Waals surface area contributed by atoms with Crippen LogP contribution in [-0.2, 0) is 25.2 Å². The molecule has 0 aliphatic carbocycles. The van der Waals surface area contributed by atoms with E-state index in [-0.39, 0.29) is 17.1 Å². The lowest BCUT2D eigenvalue weighted by atomic mass is 10.1. The minimum Gasteiger partial charge on any atom is -0.382 e. The van der Waals surface area contributed by atoms with Crippen LogP contribution in [0.4, 0.5) is 13.2 Å². The Morgan fingerprint density at radius 2 is 1.60 bits per heavy atom. The molecule has 0 saturated heterocycles. The van der Waals surface area contributed by atoms with Gasteiger partial charge in [-0.15, -0.1) is 0 Å². The molecule has 0 aliphatic heterocycles.